The van der Waals surface area contributed by atoms with Gasteiger partial charge in [-0.2, -0.15) is 16.9 Å². The summed E-state index contributed by atoms with van der Waals surface area (Å²) >= 11 is 1.59. The van der Waals surface area contributed by atoms with Gasteiger partial charge in [0.15, 0.2) is 0 Å². The van der Waals surface area contributed by atoms with E-state index < -0.39 is 17.3 Å². The first-order valence-corrected chi connectivity index (χ1v) is 10.5. The second-order valence-corrected chi connectivity index (χ2v) is 9.57. The molecule has 3 heterocycles. The van der Waals surface area contributed by atoms with Crippen LogP contribution in [0.3, 0.4) is 0 Å². The molecular formula is C20H25F3N4S. The number of thioether (sulfide) groups is 1. The molecule has 4 rings (SSSR count). The molecule has 28 heavy (non-hydrogen) atoms. The van der Waals surface area contributed by atoms with E-state index in [1.54, 1.807) is 30.3 Å². The Balaban J connectivity index is 1.40. The van der Waals surface area contributed by atoms with Gasteiger partial charge in [-0.25, -0.2) is 13.2 Å². The van der Waals surface area contributed by atoms with Gasteiger partial charge in [-0.15, -0.1) is 0 Å². The van der Waals surface area contributed by atoms with Crippen molar-refractivity contribution in [1.29, 1.82) is 0 Å². The molecule has 0 amide bonds. The zero-order chi connectivity index (χ0) is 20.1. The Bertz CT molecular complexity index is 840. The van der Waals surface area contributed by atoms with Crippen LogP contribution in [0.1, 0.15) is 42.3 Å². The molecule has 8 heteroatoms. The van der Waals surface area contributed by atoms with E-state index in [2.05, 4.69) is 10.00 Å². The quantitative estimate of drug-likeness (QED) is 0.833. The molecular weight excluding hydrogens is 385 g/mol. The number of nitrogens with zero attached hydrogens (tertiary/aromatic N) is 3. The summed E-state index contributed by atoms with van der Waals surface area (Å²) in [5.41, 5.74) is 7.53. The predicted octanol–water partition coefficient (Wildman–Crippen LogP) is 3.80. The Labute approximate surface area is 167 Å². The van der Waals surface area contributed by atoms with Crippen molar-refractivity contribution < 1.29 is 13.2 Å². The normalized spacial score (nSPS) is 25.9. The number of nitrogens with two attached hydrogens (primary N) is 1. The van der Waals surface area contributed by atoms with E-state index in [9.17, 15) is 13.2 Å². The number of fused-ring (bicyclic) bond motifs is 1. The van der Waals surface area contributed by atoms with Crippen LogP contribution in [0.25, 0.3) is 0 Å². The summed E-state index contributed by atoms with van der Waals surface area (Å²) in [7, 11) is 0. The highest BCUT2D eigenvalue weighted by molar-refractivity contribution is 7.99. The fourth-order valence-electron chi connectivity index (χ4n) is 4.11. The predicted molar refractivity (Wildman–Crippen MR) is 105 cm³/mol. The maximum Gasteiger partial charge on any atom is 0.127 e. The summed E-state index contributed by atoms with van der Waals surface area (Å²) in [5, 5.41) is 4.29. The van der Waals surface area contributed by atoms with E-state index >= 15 is 0 Å². The van der Waals surface area contributed by atoms with Crippen LogP contribution >= 0.6 is 11.8 Å². The molecule has 3 atom stereocenters. The van der Waals surface area contributed by atoms with Crippen molar-refractivity contribution in [3.05, 3.63) is 52.9 Å². The first kappa shape index (κ1) is 19.8. The summed E-state index contributed by atoms with van der Waals surface area (Å²) < 4.78 is 43.2. The molecule has 0 bridgehead atoms. The number of halogens is 3. The summed E-state index contributed by atoms with van der Waals surface area (Å²) in [6, 6.07) is 3.56. The van der Waals surface area contributed by atoms with Gasteiger partial charge in [0.2, 0.25) is 0 Å². The van der Waals surface area contributed by atoms with Gasteiger partial charge in [0.1, 0.15) is 17.3 Å². The molecule has 2 N–H and O–H groups in total. The maximum absolute atomic E-state index is 14.1. The monoisotopic (exact) mass is 410 g/mol. The molecule has 1 aromatic carbocycles. The summed E-state index contributed by atoms with van der Waals surface area (Å²) in [6.07, 6.45) is 2.65. The summed E-state index contributed by atoms with van der Waals surface area (Å²) in [6.45, 7) is 4.81. The van der Waals surface area contributed by atoms with E-state index in [0.717, 1.165) is 36.0 Å². The maximum atomic E-state index is 14.1. The molecule has 0 unspecified atom stereocenters. The third-order valence-electron chi connectivity index (χ3n) is 5.37. The second-order valence-electron chi connectivity index (χ2n) is 8.40. The number of alkyl halides is 1. The fourth-order valence-corrected chi connectivity index (χ4v) is 5.61. The molecule has 0 saturated carbocycles. The van der Waals surface area contributed by atoms with E-state index in [-0.39, 0.29) is 23.9 Å². The third kappa shape index (κ3) is 4.09. The Kier molecular flexibility index (Phi) is 5.22. The zero-order valence-corrected chi connectivity index (χ0v) is 16.9. The van der Waals surface area contributed by atoms with Gasteiger partial charge in [0.05, 0.1) is 12.2 Å². The standard InChI is InChI=1S/C20H25F3N4S/c1-20(2,23)11-27-8-12-7-26(9-18(12)25-27)14-6-17(24)19(28-10-14)15-5-13(21)3-4-16(15)22/h3-5,8,14,17,19H,6-7,9-11,24H2,1-2H3/t14-,17+,19-/m1/s1. The number of benzene rings is 1. The highest BCUT2D eigenvalue weighted by atomic mass is 32.2. The van der Waals surface area contributed by atoms with E-state index in [0.29, 0.717) is 12.1 Å². The highest BCUT2D eigenvalue weighted by Crippen LogP contribution is 2.41. The highest BCUT2D eigenvalue weighted by Gasteiger charge is 2.37. The van der Waals surface area contributed by atoms with Crippen molar-refractivity contribution in [3.63, 3.8) is 0 Å². The van der Waals surface area contributed by atoms with E-state index in [1.807, 2.05) is 6.20 Å². The van der Waals surface area contributed by atoms with Crippen molar-refractivity contribution in [2.45, 2.75) is 62.9 Å². The average molecular weight is 411 g/mol. The van der Waals surface area contributed by atoms with Crippen molar-refractivity contribution in [2.75, 3.05) is 5.75 Å². The SMILES string of the molecule is CC(C)(F)Cn1cc2c(n1)CN([C@H]1CS[C@H](c3cc(F)ccc3F)[C@@H](N)C1)C2. The largest absolute Gasteiger partial charge is 0.326 e. The number of rotatable bonds is 4. The summed E-state index contributed by atoms with van der Waals surface area (Å²) in [4.78, 5) is 2.33. The minimum Gasteiger partial charge on any atom is -0.326 e. The first-order chi connectivity index (χ1) is 13.2. The van der Waals surface area contributed by atoms with Gasteiger partial charge in [-0.1, -0.05) is 0 Å². The number of aromatic nitrogens is 2. The van der Waals surface area contributed by atoms with Gasteiger partial charge < -0.3 is 5.73 Å². The lowest BCUT2D eigenvalue weighted by molar-refractivity contribution is 0.172. The van der Waals surface area contributed by atoms with E-state index in [4.69, 9.17) is 5.73 Å². The van der Waals surface area contributed by atoms with Crippen LogP contribution in [0.4, 0.5) is 13.2 Å². The van der Waals surface area contributed by atoms with Crippen LogP contribution < -0.4 is 5.73 Å². The lowest BCUT2D eigenvalue weighted by Gasteiger charge is -2.38. The van der Waals surface area contributed by atoms with Crippen molar-refractivity contribution in [2.24, 2.45) is 5.73 Å². The lowest BCUT2D eigenvalue weighted by Crippen LogP contribution is -2.44. The molecule has 1 aromatic heterocycles. The van der Waals surface area contributed by atoms with Crippen LogP contribution in [0.15, 0.2) is 24.4 Å². The van der Waals surface area contributed by atoms with Crippen LogP contribution in [0.2, 0.25) is 0 Å². The molecule has 4 nitrogen and oxygen atoms in total. The topological polar surface area (TPSA) is 47.1 Å². The van der Waals surface area contributed by atoms with Crippen molar-refractivity contribution in [3.8, 4) is 0 Å². The van der Waals surface area contributed by atoms with Gasteiger partial charge in [-0.05, 0) is 38.5 Å². The average Bonchev–Trinajstić information content (AvgIpc) is 3.14. The van der Waals surface area contributed by atoms with Gasteiger partial charge in [-0.3, -0.25) is 9.58 Å². The van der Waals surface area contributed by atoms with Gasteiger partial charge >= 0.3 is 0 Å². The smallest absolute Gasteiger partial charge is 0.127 e. The molecule has 0 aliphatic carbocycles. The lowest BCUT2D eigenvalue weighted by atomic mass is 9.98. The molecule has 0 spiro atoms. The zero-order valence-electron chi connectivity index (χ0n) is 16.0. The van der Waals surface area contributed by atoms with Crippen LogP contribution in [0.5, 0.6) is 0 Å². The van der Waals surface area contributed by atoms with Crippen molar-refractivity contribution >= 4 is 11.8 Å². The number of hydrogen-bond donors (Lipinski definition) is 1. The molecule has 2 aromatic rings. The number of hydrogen-bond acceptors (Lipinski definition) is 4. The molecule has 1 fully saturated rings. The first-order valence-electron chi connectivity index (χ1n) is 9.50. The van der Waals surface area contributed by atoms with Gasteiger partial charge in [0.25, 0.3) is 0 Å². The Morgan fingerprint density at radius 3 is 2.75 bits per heavy atom. The molecule has 0 radical (unpaired) electrons. The third-order valence-corrected chi connectivity index (χ3v) is 6.91. The van der Waals surface area contributed by atoms with Gasteiger partial charge in [0, 0.05) is 53.5 Å². The Morgan fingerprint density at radius 2 is 2.07 bits per heavy atom. The summed E-state index contributed by atoms with van der Waals surface area (Å²) in [5.74, 6) is -0.0422. The van der Waals surface area contributed by atoms with Crippen molar-refractivity contribution in [1.82, 2.24) is 14.7 Å². The van der Waals surface area contributed by atoms with E-state index in [1.165, 1.54) is 12.1 Å². The molecule has 2 aliphatic rings. The Morgan fingerprint density at radius 1 is 1.29 bits per heavy atom. The molecule has 2 aliphatic heterocycles. The van der Waals surface area contributed by atoms with Crippen LogP contribution in [0, 0.1) is 11.6 Å². The van der Waals surface area contributed by atoms with Crippen LogP contribution in [-0.2, 0) is 19.6 Å². The van der Waals surface area contributed by atoms with Crippen LogP contribution in [-0.4, -0.2) is 38.2 Å². The minimum absolute atomic E-state index is 0.241. The molecule has 152 valence electrons. The second kappa shape index (κ2) is 7.39. The molecule has 1 saturated heterocycles. The Hall–Kier alpha value is -1.51. The minimum atomic E-state index is -1.30. The fraction of sp³-hybridized carbons (Fsp3) is 0.550.